The van der Waals surface area contributed by atoms with Crippen molar-refractivity contribution < 1.29 is 33.0 Å². The van der Waals surface area contributed by atoms with Crippen molar-refractivity contribution in [2.75, 3.05) is 37.7 Å². The fraction of sp³-hybridized carbons (Fsp3) is 0.526. The molecular formula is C19H23F2N3O5. The zero-order chi connectivity index (χ0) is 21.1. The second-order valence-corrected chi connectivity index (χ2v) is 7.19. The molecule has 29 heavy (non-hydrogen) atoms. The number of rotatable bonds is 5. The van der Waals surface area contributed by atoms with Crippen LogP contribution in [-0.2, 0) is 14.3 Å². The molecule has 2 fully saturated rings. The molecule has 1 atom stereocenters. The molecule has 1 aromatic carbocycles. The number of ether oxygens (including phenoxy) is 1. The first-order valence-corrected chi connectivity index (χ1v) is 9.40. The number of amides is 3. The van der Waals surface area contributed by atoms with Gasteiger partial charge in [0.2, 0.25) is 11.8 Å². The Balaban J connectivity index is 1.71. The number of nitrogens with zero attached hydrogens (tertiary/aromatic N) is 2. The number of carbonyl (C=O) groups is 3. The maximum atomic E-state index is 14.8. The second-order valence-electron chi connectivity index (χ2n) is 7.19. The Morgan fingerprint density at radius 1 is 1.24 bits per heavy atom. The van der Waals surface area contributed by atoms with Crippen LogP contribution < -0.4 is 10.2 Å². The molecule has 0 bridgehead atoms. The van der Waals surface area contributed by atoms with Gasteiger partial charge in [-0.2, -0.15) is 0 Å². The van der Waals surface area contributed by atoms with E-state index in [2.05, 4.69) is 5.32 Å². The summed E-state index contributed by atoms with van der Waals surface area (Å²) in [5, 5.41) is 11.5. The summed E-state index contributed by atoms with van der Waals surface area (Å²) >= 11 is 0. The number of nitrogens with one attached hydrogen (secondary N) is 1. The van der Waals surface area contributed by atoms with E-state index in [1.54, 1.807) is 0 Å². The minimum absolute atomic E-state index is 0.0481. The van der Waals surface area contributed by atoms with Gasteiger partial charge in [0.25, 0.3) is 0 Å². The van der Waals surface area contributed by atoms with Crippen molar-refractivity contribution in [3.8, 4) is 0 Å². The van der Waals surface area contributed by atoms with Crippen LogP contribution in [0.1, 0.15) is 31.2 Å². The van der Waals surface area contributed by atoms with Crippen molar-refractivity contribution in [1.29, 1.82) is 0 Å². The third kappa shape index (κ3) is 4.64. The molecule has 0 aliphatic carbocycles. The van der Waals surface area contributed by atoms with E-state index >= 15 is 0 Å². The van der Waals surface area contributed by atoms with Gasteiger partial charge in [0.15, 0.2) is 0 Å². The molecule has 8 nitrogen and oxygen atoms in total. The van der Waals surface area contributed by atoms with Gasteiger partial charge < -0.3 is 20.1 Å². The monoisotopic (exact) mass is 411 g/mol. The average molecular weight is 411 g/mol. The summed E-state index contributed by atoms with van der Waals surface area (Å²) < 4.78 is 34.6. The van der Waals surface area contributed by atoms with Crippen molar-refractivity contribution in [2.45, 2.75) is 31.8 Å². The van der Waals surface area contributed by atoms with Crippen LogP contribution in [0.2, 0.25) is 0 Å². The van der Waals surface area contributed by atoms with E-state index in [9.17, 15) is 23.2 Å². The standard InChI is InChI=1S/C19H23F2N3O5/c1-11(26)22-8-14-9-24(19(28)29-14)13-6-15(20)18(16(21)7-13)12-2-4-23(5-3-12)17(27)10-25/h6-7,12,14,25H,2-5,8-10H2,1H3,(H,22,26)/t14-/m0/s1. The minimum Gasteiger partial charge on any atom is -0.442 e. The molecule has 3 amide bonds. The lowest BCUT2D eigenvalue weighted by atomic mass is 9.88. The van der Waals surface area contributed by atoms with Gasteiger partial charge >= 0.3 is 6.09 Å². The van der Waals surface area contributed by atoms with Crippen LogP contribution in [0, 0.1) is 11.6 Å². The zero-order valence-electron chi connectivity index (χ0n) is 16.0. The molecule has 2 saturated heterocycles. The van der Waals surface area contributed by atoms with Gasteiger partial charge in [0, 0.05) is 25.6 Å². The smallest absolute Gasteiger partial charge is 0.414 e. The molecular weight excluding hydrogens is 388 g/mol. The summed E-state index contributed by atoms with van der Waals surface area (Å²) in [5.74, 6) is -2.59. The number of cyclic esters (lactones) is 1. The SMILES string of the molecule is CC(=O)NC[C@H]1CN(c2cc(F)c(C3CCN(C(=O)CO)CC3)c(F)c2)C(=O)O1. The first-order chi connectivity index (χ1) is 13.8. The van der Waals surface area contributed by atoms with E-state index < -0.39 is 42.3 Å². The van der Waals surface area contributed by atoms with E-state index in [-0.39, 0.29) is 30.2 Å². The van der Waals surface area contributed by atoms with E-state index in [0.29, 0.717) is 25.9 Å². The lowest BCUT2D eigenvalue weighted by Crippen LogP contribution is -2.39. The molecule has 0 saturated carbocycles. The Kier molecular flexibility index (Phi) is 6.31. The summed E-state index contributed by atoms with van der Waals surface area (Å²) in [6.45, 7) is 1.56. The summed E-state index contributed by atoms with van der Waals surface area (Å²) in [6, 6.07) is 2.21. The average Bonchev–Trinajstić information content (AvgIpc) is 3.06. The van der Waals surface area contributed by atoms with Gasteiger partial charge in [0.1, 0.15) is 24.3 Å². The fourth-order valence-electron chi connectivity index (χ4n) is 3.73. The molecule has 3 rings (SSSR count). The first-order valence-electron chi connectivity index (χ1n) is 9.40. The number of hydrogen-bond acceptors (Lipinski definition) is 5. The lowest BCUT2D eigenvalue weighted by molar-refractivity contribution is -0.135. The van der Waals surface area contributed by atoms with Gasteiger partial charge in [0.05, 0.1) is 18.8 Å². The lowest BCUT2D eigenvalue weighted by Gasteiger charge is -2.32. The quantitative estimate of drug-likeness (QED) is 0.757. The van der Waals surface area contributed by atoms with Gasteiger partial charge in [-0.25, -0.2) is 13.6 Å². The number of halogens is 2. The number of benzene rings is 1. The number of anilines is 1. The van der Waals surface area contributed by atoms with E-state index in [0.717, 1.165) is 17.0 Å². The Bertz CT molecular complexity index is 788. The van der Waals surface area contributed by atoms with Crippen LogP contribution in [0.3, 0.4) is 0 Å². The van der Waals surface area contributed by atoms with Crippen molar-refractivity contribution in [3.05, 3.63) is 29.3 Å². The van der Waals surface area contributed by atoms with Gasteiger partial charge in [-0.05, 0) is 30.9 Å². The summed E-state index contributed by atoms with van der Waals surface area (Å²) in [7, 11) is 0. The van der Waals surface area contributed by atoms with Crippen molar-refractivity contribution in [3.63, 3.8) is 0 Å². The van der Waals surface area contributed by atoms with Crippen molar-refractivity contribution >= 4 is 23.6 Å². The number of hydrogen-bond donors (Lipinski definition) is 2. The molecule has 0 unspecified atom stereocenters. The Hall–Kier alpha value is -2.75. The van der Waals surface area contributed by atoms with E-state index in [4.69, 9.17) is 9.84 Å². The number of carbonyl (C=O) groups excluding carboxylic acids is 3. The highest BCUT2D eigenvalue weighted by atomic mass is 19.1. The largest absolute Gasteiger partial charge is 0.442 e. The predicted molar refractivity (Wildman–Crippen MR) is 98.3 cm³/mol. The molecule has 1 aromatic rings. The highest BCUT2D eigenvalue weighted by molar-refractivity contribution is 5.90. The van der Waals surface area contributed by atoms with Crippen molar-refractivity contribution in [2.24, 2.45) is 0 Å². The van der Waals surface area contributed by atoms with Gasteiger partial charge in [-0.15, -0.1) is 0 Å². The molecule has 0 spiro atoms. The van der Waals surface area contributed by atoms with Crippen LogP contribution in [-0.4, -0.2) is 66.8 Å². The molecule has 2 aliphatic rings. The number of aliphatic hydroxyl groups is 1. The molecule has 2 N–H and O–H groups in total. The molecule has 2 heterocycles. The van der Waals surface area contributed by atoms with Crippen LogP contribution in [0.4, 0.5) is 19.3 Å². The number of likely N-dealkylation sites (tertiary alicyclic amines) is 1. The molecule has 158 valence electrons. The first kappa shape index (κ1) is 21.0. The predicted octanol–water partition coefficient (Wildman–Crippen LogP) is 1.12. The Labute approximate surface area is 166 Å². The highest BCUT2D eigenvalue weighted by Crippen LogP contribution is 2.35. The molecule has 0 aromatic heterocycles. The van der Waals surface area contributed by atoms with Crippen LogP contribution >= 0.6 is 0 Å². The third-order valence-electron chi connectivity index (χ3n) is 5.22. The Morgan fingerprint density at radius 3 is 2.41 bits per heavy atom. The number of piperidine rings is 1. The van der Waals surface area contributed by atoms with E-state index in [1.165, 1.54) is 11.8 Å². The number of aliphatic hydroxyl groups excluding tert-OH is 1. The second kappa shape index (κ2) is 8.73. The maximum Gasteiger partial charge on any atom is 0.414 e. The summed E-state index contributed by atoms with van der Waals surface area (Å²) in [5.41, 5.74) is -0.0147. The molecule has 0 radical (unpaired) electrons. The maximum absolute atomic E-state index is 14.8. The Morgan fingerprint density at radius 2 is 1.86 bits per heavy atom. The normalized spacial score (nSPS) is 20.0. The minimum atomic E-state index is -0.759. The highest BCUT2D eigenvalue weighted by Gasteiger charge is 2.34. The topological polar surface area (TPSA) is 99.2 Å². The molecule has 10 heteroatoms. The van der Waals surface area contributed by atoms with Crippen molar-refractivity contribution in [1.82, 2.24) is 10.2 Å². The fourth-order valence-corrected chi connectivity index (χ4v) is 3.73. The summed E-state index contributed by atoms with van der Waals surface area (Å²) in [4.78, 5) is 37.2. The zero-order valence-corrected chi connectivity index (χ0v) is 16.0. The van der Waals surface area contributed by atoms with Crippen LogP contribution in [0.25, 0.3) is 0 Å². The van der Waals surface area contributed by atoms with E-state index in [1.807, 2.05) is 0 Å². The van der Waals surface area contributed by atoms with Gasteiger partial charge in [-0.3, -0.25) is 14.5 Å². The molecule has 2 aliphatic heterocycles. The van der Waals surface area contributed by atoms with Crippen LogP contribution in [0.15, 0.2) is 12.1 Å². The summed E-state index contributed by atoms with van der Waals surface area (Å²) in [6.07, 6.45) is -0.583. The van der Waals surface area contributed by atoms with Gasteiger partial charge in [-0.1, -0.05) is 0 Å². The third-order valence-corrected chi connectivity index (χ3v) is 5.22. The van der Waals surface area contributed by atoms with Crippen LogP contribution in [0.5, 0.6) is 0 Å².